The first kappa shape index (κ1) is 23.0. The van der Waals surface area contributed by atoms with Gasteiger partial charge in [-0.1, -0.05) is 40.2 Å². The lowest BCUT2D eigenvalue weighted by atomic mass is 10.1. The first-order valence-corrected chi connectivity index (χ1v) is 12.6. The molecule has 0 bridgehead atoms. The van der Waals surface area contributed by atoms with Crippen LogP contribution in [0.3, 0.4) is 0 Å². The van der Waals surface area contributed by atoms with Crippen LogP contribution in [0, 0.1) is 0 Å². The number of benzene rings is 2. The van der Waals surface area contributed by atoms with Crippen LogP contribution in [-0.2, 0) is 4.79 Å². The maximum Gasteiger partial charge on any atom is 0.246 e. The van der Waals surface area contributed by atoms with Gasteiger partial charge in [-0.2, -0.15) is 5.10 Å². The van der Waals surface area contributed by atoms with Crippen molar-refractivity contribution in [3.05, 3.63) is 73.1 Å². The Morgan fingerprint density at radius 2 is 1.89 bits per heavy atom. The summed E-state index contributed by atoms with van der Waals surface area (Å²) in [6, 6.07) is 17.4. The van der Waals surface area contributed by atoms with E-state index in [4.69, 9.17) is 15.6 Å². The number of hydrogen-bond acceptors (Lipinski definition) is 6. The molecule has 4 aromatic rings. The van der Waals surface area contributed by atoms with E-state index in [0.29, 0.717) is 34.4 Å². The summed E-state index contributed by atoms with van der Waals surface area (Å²) in [6.45, 7) is 1.30. The van der Waals surface area contributed by atoms with Crippen molar-refractivity contribution in [2.75, 3.05) is 24.2 Å². The van der Waals surface area contributed by atoms with Gasteiger partial charge in [0.05, 0.1) is 11.4 Å². The third kappa shape index (κ3) is 4.90. The van der Waals surface area contributed by atoms with Crippen molar-refractivity contribution in [3.63, 3.8) is 0 Å². The monoisotopic (exact) mass is 532 g/mol. The summed E-state index contributed by atoms with van der Waals surface area (Å²) >= 11 is 3.32. The van der Waals surface area contributed by atoms with Crippen LogP contribution in [0.15, 0.2) is 73.1 Å². The van der Waals surface area contributed by atoms with Crippen LogP contribution in [0.4, 0.5) is 5.82 Å². The van der Waals surface area contributed by atoms with Crippen molar-refractivity contribution in [3.8, 4) is 22.8 Å². The number of carbonyl (C=O) groups excluding carboxylic acids is 1. The van der Waals surface area contributed by atoms with Gasteiger partial charge in [-0.25, -0.2) is 14.6 Å². The Hall–Kier alpha value is -3.72. The maximum absolute atomic E-state index is 12.6. The molecular formula is C26H25BrN6O2. The summed E-state index contributed by atoms with van der Waals surface area (Å²) in [6.07, 6.45) is 6.67. The second-order valence-corrected chi connectivity index (χ2v) is 8.97. The van der Waals surface area contributed by atoms with Gasteiger partial charge in [-0.3, -0.25) is 4.79 Å². The molecule has 1 aliphatic heterocycles. The molecule has 35 heavy (non-hydrogen) atoms. The third-order valence-corrected chi connectivity index (χ3v) is 6.40. The number of ether oxygens (including phenoxy) is 1. The molecule has 1 amide bonds. The first-order valence-electron chi connectivity index (χ1n) is 11.5. The lowest BCUT2D eigenvalue weighted by Crippen LogP contribution is -2.40. The van der Waals surface area contributed by atoms with Crippen LogP contribution in [0.5, 0.6) is 11.5 Å². The number of rotatable bonds is 6. The molecule has 0 unspecified atom stereocenters. The van der Waals surface area contributed by atoms with Gasteiger partial charge in [-0.05, 0) is 55.3 Å². The highest BCUT2D eigenvalue weighted by Gasteiger charge is 2.28. The number of nitrogen functional groups attached to an aromatic ring is 1. The molecule has 5 rings (SSSR count). The average Bonchev–Trinajstić information content (AvgIpc) is 3.29. The third-order valence-electron chi connectivity index (χ3n) is 6.03. The molecule has 1 saturated heterocycles. The van der Waals surface area contributed by atoms with E-state index >= 15 is 0 Å². The molecule has 1 aliphatic rings. The Morgan fingerprint density at radius 3 is 2.66 bits per heavy atom. The summed E-state index contributed by atoms with van der Waals surface area (Å²) in [5.74, 6) is 1.89. The Kier molecular flexibility index (Phi) is 6.76. The van der Waals surface area contributed by atoms with Crippen LogP contribution in [0.1, 0.15) is 18.9 Å². The molecule has 0 radical (unpaired) electrons. The van der Waals surface area contributed by atoms with Crippen LogP contribution in [0.2, 0.25) is 0 Å². The van der Waals surface area contributed by atoms with Crippen LogP contribution < -0.4 is 10.5 Å². The number of nitrogens with zero attached hydrogens (tertiary/aromatic N) is 5. The number of fused-ring (bicyclic) bond motifs is 1. The van der Waals surface area contributed by atoms with E-state index in [9.17, 15) is 4.79 Å². The molecule has 2 N–H and O–H groups in total. The number of para-hydroxylation sites is 1. The van der Waals surface area contributed by atoms with Crippen molar-refractivity contribution in [1.82, 2.24) is 24.6 Å². The summed E-state index contributed by atoms with van der Waals surface area (Å²) < 4.78 is 7.83. The molecule has 0 spiro atoms. The van der Waals surface area contributed by atoms with E-state index in [2.05, 4.69) is 25.9 Å². The van der Waals surface area contributed by atoms with Gasteiger partial charge in [0, 0.05) is 24.0 Å². The van der Waals surface area contributed by atoms with E-state index in [0.717, 1.165) is 36.4 Å². The van der Waals surface area contributed by atoms with Gasteiger partial charge in [0.25, 0.3) is 0 Å². The summed E-state index contributed by atoms with van der Waals surface area (Å²) in [7, 11) is 0. The van der Waals surface area contributed by atoms with Gasteiger partial charge in [0.15, 0.2) is 5.65 Å². The number of anilines is 1. The predicted octanol–water partition coefficient (Wildman–Crippen LogP) is 4.98. The Labute approximate surface area is 211 Å². The van der Waals surface area contributed by atoms with Crippen molar-refractivity contribution in [2.24, 2.45) is 0 Å². The summed E-state index contributed by atoms with van der Waals surface area (Å²) in [5, 5.41) is 6.31. The maximum atomic E-state index is 12.6. The highest BCUT2D eigenvalue weighted by atomic mass is 79.9. The Balaban J connectivity index is 1.46. The zero-order valence-corrected chi connectivity index (χ0v) is 20.6. The van der Waals surface area contributed by atoms with Crippen LogP contribution in [-0.4, -0.2) is 49.0 Å². The largest absolute Gasteiger partial charge is 0.457 e. The SMILES string of the molecule is Nc1ncnc2c1c(-c1ccc(Oc3ccccc3)cc1)nn2[C@@H]1CCCN(C(=O)/C=C/CBr)C1. The minimum atomic E-state index is -0.00342. The Morgan fingerprint density at radius 1 is 1.11 bits per heavy atom. The molecule has 3 heterocycles. The molecule has 1 atom stereocenters. The van der Waals surface area contributed by atoms with Crippen molar-refractivity contribution in [1.29, 1.82) is 0 Å². The number of amides is 1. The minimum absolute atomic E-state index is 0.00342. The van der Waals surface area contributed by atoms with E-state index in [-0.39, 0.29) is 11.9 Å². The second-order valence-electron chi connectivity index (χ2n) is 8.33. The quantitative estimate of drug-likeness (QED) is 0.277. The molecule has 8 nitrogen and oxygen atoms in total. The number of likely N-dealkylation sites (tertiary alicyclic amines) is 1. The number of carbonyl (C=O) groups is 1. The Bertz CT molecular complexity index is 1350. The fourth-order valence-corrected chi connectivity index (χ4v) is 4.55. The van der Waals surface area contributed by atoms with Crippen molar-refractivity contribution in [2.45, 2.75) is 18.9 Å². The number of hydrogen-bond donors (Lipinski definition) is 1. The molecule has 9 heteroatoms. The average molecular weight is 533 g/mol. The number of nitrogens with two attached hydrogens (primary N) is 1. The molecular weight excluding hydrogens is 508 g/mol. The normalized spacial score (nSPS) is 16.1. The van der Waals surface area contributed by atoms with Crippen molar-refractivity contribution >= 4 is 38.7 Å². The number of alkyl halides is 1. The molecule has 2 aromatic carbocycles. The lowest BCUT2D eigenvalue weighted by Gasteiger charge is -2.32. The highest BCUT2D eigenvalue weighted by molar-refractivity contribution is 9.09. The highest BCUT2D eigenvalue weighted by Crippen LogP contribution is 2.34. The number of aromatic nitrogens is 4. The molecule has 1 fully saturated rings. The topological polar surface area (TPSA) is 99.2 Å². The second kappa shape index (κ2) is 10.3. The van der Waals surface area contributed by atoms with Gasteiger partial charge >= 0.3 is 0 Å². The number of allylic oxidation sites excluding steroid dienone is 1. The zero-order valence-electron chi connectivity index (χ0n) is 19.0. The van der Waals surface area contributed by atoms with E-state index in [1.54, 1.807) is 6.08 Å². The lowest BCUT2D eigenvalue weighted by molar-refractivity contribution is -0.127. The number of halogens is 1. The van der Waals surface area contributed by atoms with Crippen LogP contribution in [0.25, 0.3) is 22.3 Å². The van der Waals surface area contributed by atoms with Gasteiger partial charge in [-0.15, -0.1) is 0 Å². The molecule has 2 aromatic heterocycles. The minimum Gasteiger partial charge on any atom is -0.457 e. The van der Waals surface area contributed by atoms with E-state index < -0.39 is 0 Å². The standard InChI is InChI=1S/C26H25BrN6O2/c27-14-4-9-22(34)32-15-5-6-19(16-32)33-26-23(25(28)29-17-30-26)24(31-33)18-10-12-21(13-11-18)35-20-7-2-1-3-8-20/h1-4,7-13,17,19H,5-6,14-16H2,(H2,28,29,30)/b9-4+/t19-/m1/s1. The van der Waals surface area contributed by atoms with Crippen LogP contribution >= 0.6 is 15.9 Å². The van der Waals surface area contributed by atoms with Gasteiger partial charge in [0.2, 0.25) is 5.91 Å². The fraction of sp³-hybridized carbons (Fsp3) is 0.231. The predicted molar refractivity (Wildman–Crippen MR) is 139 cm³/mol. The van der Waals surface area contributed by atoms with Gasteiger partial charge in [0.1, 0.15) is 29.3 Å². The van der Waals surface area contributed by atoms with Crippen molar-refractivity contribution < 1.29 is 9.53 Å². The van der Waals surface area contributed by atoms with E-state index in [1.807, 2.05) is 70.3 Å². The molecule has 0 aliphatic carbocycles. The zero-order chi connectivity index (χ0) is 24.2. The molecule has 0 saturated carbocycles. The van der Waals surface area contributed by atoms with E-state index in [1.165, 1.54) is 6.33 Å². The smallest absolute Gasteiger partial charge is 0.246 e. The fourth-order valence-electron chi connectivity index (χ4n) is 4.36. The number of piperidine rings is 1. The first-order chi connectivity index (χ1) is 17.1. The van der Waals surface area contributed by atoms with Gasteiger partial charge < -0.3 is 15.4 Å². The molecule has 178 valence electrons. The summed E-state index contributed by atoms with van der Waals surface area (Å²) in [5.41, 5.74) is 8.57. The summed E-state index contributed by atoms with van der Waals surface area (Å²) in [4.78, 5) is 23.2.